The minimum atomic E-state index is 0.600. The molecule has 0 aromatic carbocycles. The first-order valence-corrected chi connectivity index (χ1v) is 4.31. The Bertz CT molecular complexity index is 107. The molecule has 60 valence electrons. The summed E-state index contributed by atoms with van der Waals surface area (Å²) in [5.74, 6) is 0.914. The van der Waals surface area contributed by atoms with Crippen LogP contribution in [0, 0.1) is 11.3 Å². The topological polar surface area (TPSA) is 12.0 Å². The van der Waals surface area contributed by atoms with Crippen molar-refractivity contribution in [3.63, 3.8) is 0 Å². The first-order valence-electron chi connectivity index (χ1n) is 4.31. The van der Waals surface area contributed by atoms with Crippen LogP contribution in [0.25, 0.3) is 0 Å². The van der Waals surface area contributed by atoms with E-state index in [-0.39, 0.29) is 0 Å². The SMILES string of the molecule is CNCC1CCCC1(C)C. The molecular weight excluding hydrogens is 122 g/mol. The molecule has 0 aromatic rings. The van der Waals surface area contributed by atoms with Crippen LogP contribution in [0.3, 0.4) is 0 Å². The molecule has 1 atom stereocenters. The molecule has 1 nitrogen and oxygen atoms in total. The van der Waals surface area contributed by atoms with Crippen molar-refractivity contribution < 1.29 is 0 Å². The molecule has 1 aliphatic carbocycles. The maximum Gasteiger partial charge on any atom is -0.00184 e. The summed E-state index contributed by atoms with van der Waals surface area (Å²) in [6.45, 7) is 5.98. The van der Waals surface area contributed by atoms with Gasteiger partial charge in [0.15, 0.2) is 0 Å². The minimum Gasteiger partial charge on any atom is -0.319 e. The van der Waals surface area contributed by atoms with E-state index in [0.717, 1.165) is 5.92 Å². The molecule has 0 radical (unpaired) electrons. The second kappa shape index (κ2) is 2.91. The molecule has 1 unspecified atom stereocenters. The lowest BCUT2D eigenvalue weighted by atomic mass is 9.82. The third kappa shape index (κ3) is 1.51. The van der Waals surface area contributed by atoms with Crippen LogP contribution >= 0.6 is 0 Å². The zero-order valence-corrected chi connectivity index (χ0v) is 7.41. The normalized spacial score (nSPS) is 30.9. The van der Waals surface area contributed by atoms with Crippen LogP contribution in [-0.4, -0.2) is 13.6 Å². The van der Waals surface area contributed by atoms with Crippen molar-refractivity contribution in [1.82, 2.24) is 5.32 Å². The second-order valence-electron chi connectivity index (χ2n) is 4.14. The van der Waals surface area contributed by atoms with Crippen molar-refractivity contribution >= 4 is 0 Å². The summed E-state index contributed by atoms with van der Waals surface area (Å²) >= 11 is 0. The van der Waals surface area contributed by atoms with Gasteiger partial charge in [-0.2, -0.15) is 0 Å². The quantitative estimate of drug-likeness (QED) is 0.620. The van der Waals surface area contributed by atoms with Crippen molar-refractivity contribution in [3.05, 3.63) is 0 Å². The molecule has 0 aliphatic heterocycles. The smallest absolute Gasteiger partial charge is 0.00184 e. The fraction of sp³-hybridized carbons (Fsp3) is 1.00. The van der Waals surface area contributed by atoms with Gasteiger partial charge in [0, 0.05) is 0 Å². The lowest BCUT2D eigenvalue weighted by molar-refractivity contribution is 0.256. The molecule has 0 heterocycles. The molecule has 0 amide bonds. The van der Waals surface area contributed by atoms with E-state index in [1.807, 2.05) is 0 Å². The van der Waals surface area contributed by atoms with Crippen LogP contribution in [0.2, 0.25) is 0 Å². The van der Waals surface area contributed by atoms with E-state index < -0.39 is 0 Å². The maximum absolute atomic E-state index is 3.27. The molecule has 0 aromatic heterocycles. The molecule has 1 fully saturated rings. The van der Waals surface area contributed by atoms with Gasteiger partial charge in [-0.05, 0) is 37.8 Å². The molecule has 1 aliphatic rings. The standard InChI is InChI=1S/C9H19N/c1-9(2)6-4-5-8(9)7-10-3/h8,10H,4-7H2,1-3H3. The Morgan fingerprint density at radius 1 is 1.50 bits per heavy atom. The Morgan fingerprint density at radius 3 is 2.60 bits per heavy atom. The van der Waals surface area contributed by atoms with Crippen LogP contribution in [0.4, 0.5) is 0 Å². The number of hydrogen-bond donors (Lipinski definition) is 1. The van der Waals surface area contributed by atoms with Crippen LogP contribution < -0.4 is 5.32 Å². The Morgan fingerprint density at radius 2 is 2.20 bits per heavy atom. The average molecular weight is 141 g/mol. The van der Waals surface area contributed by atoms with Gasteiger partial charge in [-0.25, -0.2) is 0 Å². The van der Waals surface area contributed by atoms with Gasteiger partial charge in [-0.15, -0.1) is 0 Å². The fourth-order valence-corrected chi connectivity index (χ4v) is 2.02. The Kier molecular flexibility index (Phi) is 2.35. The first kappa shape index (κ1) is 8.06. The second-order valence-corrected chi connectivity index (χ2v) is 4.14. The molecule has 0 bridgehead atoms. The number of hydrogen-bond acceptors (Lipinski definition) is 1. The lowest BCUT2D eigenvalue weighted by Gasteiger charge is -2.26. The minimum absolute atomic E-state index is 0.600. The van der Waals surface area contributed by atoms with E-state index in [4.69, 9.17) is 0 Å². The molecule has 0 saturated heterocycles. The fourth-order valence-electron chi connectivity index (χ4n) is 2.02. The molecule has 1 saturated carbocycles. The van der Waals surface area contributed by atoms with Gasteiger partial charge in [-0.3, -0.25) is 0 Å². The Balaban J connectivity index is 2.43. The van der Waals surface area contributed by atoms with E-state index in [0.29, 0.717) is 5.41 Å². The first-order chi connectivity index (χ1) is 4.67. The third-order valence-corrected chi connectivity index (χ3v) is 2.93. The summed E-state index contributed by atoms with van der Waals surface area (Å²) in [6, 6.07) is 0. The Hall–Kier alpha value is -0.0400. The predicted octanol–water partition coefficient (Wildman–Crippen LogP) is 2.03. The summed E-state index contributed by atoms with van der Waals surface area (Å²) in [5.41, 5.74) is 0.600. The van der Waals surface area contributed by atoms with E-state index >= 15 is 0 Å². The summed E-state index contributed by atoms with van der Waals surface area (Å²) in [7, 11) is 2.05. The molecule has 10 heavy (non-hydrogen) atoms. The largest absolute Gasteiger partial charge is 0.319 e. The van der Waals surface area contributed by atoms with Crippen molar-refractivity contribution in [2.45, 2.75) is 33.1 Å². The van der Waals surface area contributed by atoms with Crippen molar-refractivity contribution in [1.29, 1.82) is 0 Å². The Labute approximate surface area is 64.2 Å². The van der Waals surface area contributed by atoms with E-state index in [1.165, 1.54) is 25.8 Å². The predicted molar refractivity (Wildman–Crippen MR) is 45.0 cm³/mol. The highest BCUT2D eigenvalue weighted by Crippen LogP contribution is 2.41. The van der Waals surface area contributed by atoms with Crippen LogP contribution in [0.1, 0.15) is 33.1 Å². The number of rotatable bonds is 2. The van der Waals surface area contributed by atoms with Gasteiger partial charge >= 0.3 is 0 Å². The van der Waals surface area contributed by atoms with Crippen LogP contribution in [-0.2, 0) is 0 Å². The van der Waals surface area contributed by atoms with E-state index in [9.17, 15) is 0 Å². The molecule has 1 rings (SSSR count). The summed E-state index contributed by atoms with van der Waals surface area (Å²) in [6.07, 6.45) is 4.27. The zero-order chi connectivity index (χ0) is 7.61. The van der Waals surface area contributed by atoms with Crippen molar-refractivity contribution in [3.8, 4) is 0 Å². The third-order valence-electron chi connectivity index (χ3n) is 2.93. The summed E-state index contributed by atoms with van der Waals surface area (Å²) < 4.78 is 0. The lowest BCUT2D eigenvalue weighted by Crippen LogP contribution is -2.27. The van der Waals surface area contributed by atoms with Gasteiger partial charge in [0.1, 0.15) is 0 Å². The van der Waals surface area contributed by atoms with Crippen molar-refractivity contribution in [2.24, 2.45) is 11.3 Å². The highest BCUT2D eigenvalue weighted by molar-refractivity contribution is 4.85. The van der Waals surface area contributed by atoms with Crippen LogP contribution in [0.15, 0.2) is 0 Å². The maximum atomic E-state index is 3.27. The number of nitrogens with one attached hydrogen (secondary N) is 1. The highest BCUT2D eigenvalue weighted by Gasteiger charge is 2.33. The molecular formula is C9H19N. The van der Waals surface area contributed by atoms with Crippen molar-refractivity contribution in [2.75, 3.05) is 13.6 Å². The summed E-state index contributed by atoms with van der Waals surface area (Å²) in [4.78, 5) is 0. The van der Waals surface area contributed by atoms with Gasteiger partial charge < -0.3 is 5.32 Å². The van der Waals surface area contributed by atoms with Gasteiger partial charge in [-0.1, -0.05) is 20.3 Å². The zero-order valence-electron chi connectivity index (χ0n) is 7.41. The highest BCUT2D eigenvalue weighted by atomic mass is 14.8. The summed E-state index contributed by atoms with van der Waals surface area (Å²) in [5, 5.41) is 3.27. The molecule has 1 heteroatoms. The molecule has 1 N–H and O–H groups in total. The monoisotopic (exact) mass is 141 g/mol. The van der Waals surface area contributed by atoms with E-state index in [1.54, 1.807) is 0 Å². The average Bonchev–Trinajstić information content (AvgIpc) is 2.13. The van der Waals surface area contributed by atoms with Gasteiger partial charge in [0.05, 0.1) is 0 Å². The van der Waals surface area contributed by atoms with E-state index in [2.05, 4.69) is 26.2 Å². The van der Waals surface area contributed by atoms with Gasteiger partial charge in [0.2, 0.25) is 0 Å². The van der Waals surface area contributed by atoms with Gasteiger partial charge in [0.25, 0.3) is 0 Å². The molecule has 0 spiro atoms. The van der Waals surface area contributed by atoms with Crippen LogP contribution in [0.5, 0.6) is 0 Å².